The Morgan fingerprint density at radius 1 is 1.04 bits per heavy atom. The Hall–Kier alpha value is 0.430. The van der Waals surface area contributed by atoms with Crippen LogP contribution in [0.4, 0.5) is 0 Å². The van der Waals surface area contributed by atoms with E-state index in [-0.39, 0.29) is 42.1 Å². The summed E-state index contributed by atoms with van der Waals surface area (Å²) in [7, 11) is 0. The van der Waals surface area contributed by atoms with Crippen LogP contribution < -0.4 is 34.7 Å². The molecule has 4 fully saturated rings. The Kier molecular flexibility index (Phi) is 7.03. The molecule has 4 aliphatic carbocycles. The number of carbonyl (C=O) groups is 1. The number of aliphatic carboxylic acids is 1. The van der Waals surface area contributed by atoms with Gasteiger partial charge in [-0.25, -0.2) is 0 Å². The molecular weight excluding hydrogens is 359 g/mol. The number of hydrogen-bond donors (Lipinski definition) is 1. The van der Waals surface area contributed by atoms with Crippen LogP contribution in [0, 0.1) is 46.3 Å². The van der Waals surface area contributed by atoms with E-state index in [0.29, 0.717) is 22.7 Å². The number of fused-ring (bicyclic) bond motifs is 5. The van der Waals surface area contributed by atoms with Gasteiger partial charge in [0.25, 0.3) is 0 Å². The zero-order valence-electron chi connectivity index (χ0n) is 18.6. The summed E-state index contributed by atoms with van der Waals surface area (Å²) in [6.45, 7) is 7.38. The molecule has 4 aliphatic rings. The molecule has 0 heterocycles. The van der Waals surface area contributed by atoms with Crippen LogP contribution in [0.15, 0.2) is 0 Å². The second-order valence-corrected chi connectivity index (χ2v) is 11.2. The maximum Gasteiger partial charge on any atom is 1.00 e. The molecule has 3 nitrogen and oxygen atoms in total. The Morgan fingerprint density at radius 3 is 2.43 bits per heavy atom. The number of carbonyl (C=O) groups excluding carboxylic acids is 1. The number of aliphatic hydroxyl groups excluding tert-OH is 1. The van der Waals surface area contributed by atoms with Gasteiger partial charge in [-0.3, -0.25) is 0 Å². The summed E-state index contributed by atoms with van der Waals surface area (Å²) in [5, 5.41) is 21.1. The van der Waals surface area contributed by atoms with Crippen molar-refractivity contribution in [3.63, 3.8) is 0 Å². The molecule has 28 heavy (non-hydrogen) atoms. The van der Waals surface area contributed by atoms with Crippen molar-refractivity contribution in [3.05, 3.63) is 0 Å². The summed E-state index contributed by atoms with van der Waals surface area (Å²) >= 11 is 0. The Balaban J connectivity index is 0.00000225. The van der Waals surface area contributed by atoms with Gasteiger partial charge in [0, 0.05) is 5.97 Å². The predicted octanol–water partition coefficient (Wildman–Crippen LogP) is 1.18. The van der Waals surface area contributed by atoms with E-state index >= 15 is 0 Å². The van der Waals surface area contributed by atoms with Gasteiger partial charge < -0.3 is 15.0 Å². The summed E-state index contributed by atoms with van der Waals surface area (Å²) < 4.78 is 0. The van der Waals surface area contributed by atoms with E-state index in [1.807, 2.05) is 0 Å². The minimum atomic E-state index is -0.893. The van der Waals surface area contributed by atoms with E-state index in [4.69, 9.17) is 0 Å². The summed E-state index contributed by atoms with van der Waals surface area (Å²) in [6.07, 6.45) is 12.2. The molecule has 0 aromatic heterocycles. The topological polar surface area (TPSA) is 60.4 Å². The average Bonchev–Trinajstić information content (AvgIpc) is 2.97. The van der Waals surface area contributed by atoms with Crippen LogP contribution >= 0.6 is 0 Å². The van der Waals surface area contributed by atoms with Crippen LogP contribution in [-0.2, 0) is 4.79 Å². The fourth-order valence-electron chi connectivity index (χ4n) is 8.76. The van der Waals surface area contributed by atoms with E-state index in [9.17, 15) is 15.0 Å². The summed E-state index contributed by atoms with van der Waals surface area (Å²) in [6, 6.07) is 0. The van der Waals surface area contributed by atoms with E-state index in [2.05, 4.69) is 20.8 Å². The molecule has 0 spiro atoms. The van der Waals surface area contributed by atoms with Gasteiger partial charge in [0.1, 0.15) is 0 Å². The third kappa shape index (κ3) is 3.76. The van der Waals surface area contributed by atoms with Gasteiger partial charge in [-0.15, -0.1) is 0 Å². The summed E-state index contributed by atoms with van der Waals surface area (Å²) in [5.74, 6) is 3.55. The van der Waals surface area contributed by atoms with Gasteiger partial charge in [0.15, 0.2) is 0 Å². The number of hydrogen-bond acceptors (Lipinski definition) is 3. The monoisotopic (exact) mass is 398 g/mol. The molecule has 0 radical (unpaired) electrons. The van der Waals surface area contributed by atoms with Crippen LogP contribution in [0.3, 0.4) is 0 Å². The van der Waals surface area contributed by atoms with Crippen LogP contribution in [0.2, 0.25) is 0 Å². The second kappa shape index (κ2) is 8.52. The molecule has 4 heteroatoms. The fraction of sp³-hybridized carbons (Fsp3) is 0.958. The van der Waals surface area contributed by atoms with E-state index < -0.39 is 5.97 Å². The van der Waals surface area contributed by atoms with Gasteiger partial charge >= 0.3 is 29.6 Å². The van der Waals surface area contributed by atoms with E-state index in [1.165, 1.54) is 44.9 Å². The zero-order valence-corrected chi connectivity index (χ0v) is 20.6. The van der Waals surface area contributed by atoms with Crippen LogP contribution in [-0.4, -0.2) is 17.2 Å². The van der Waals surface area contributed by atoms with Gasteiger partial charge in [-0.05, 0) is 117 Å². The van der Waals surface area contributed by atoms with Crippen LogP contribution in [0.5, 0.6) is 0 Å². The number of carboxylic acids is 1. The van der Waals surface area contributed by atoms with Crippen molar-refractivity contribution in [1.82, 2.24) is 0 Å². The quantitative estimate of drug-likeness (QED) is 0.724. The number of aliphatic hydroxyl groups is 1. The van der Waals surface area contributed by atoms with Crippen molar-refractivity contribution in [2.24, 2.45) is 46.3 Å². The Bertz CT molecular complexity index is 580. The van der Waals surface area contributed by atoms with Crippen molar-refractivity contribution < 1.29 is 44.6 Å². The molecule has 9 atom stereocenters. The smallest absolute Gasteiger partial charge is 0.550 e. The van der Waals surface area contributed by atoms with Crippen molar-refractivity contribution in [3.8, 4) is 0 Å². The van der Waals surface area contributed by atoms with Crippen LogP contribution in [0.1, 0.15) is 91.4 Å². The average molecular weight is 399 g/mol. The fourth-order valence-corrected chi connectivity index (χ4v) is 8.76. The first-order chi connectivity index (χ1) is 12.8. The molecule has 0 aromatic carbocycles. The molecule has 0 saturated heterocycles. The third-order valence-corrected chi connectivity index (χ3v) is 10.2. The first-order valence-electron chi connectivity index (χ1n) is 11.6. The molecule has 1 N–H and O–H groups in total. The van der Waals surface area contributed by atoms with E-state index in [1.54, 1.807) is 0 Å². The Labute approximate surface area is 193 Å². The maximum absolute atomic E-state index is 10.9. The molecule has 0 bridgehead atoms. The summed E-state index contributed by atoms with van der Waals surface area (Å²) in [4.78, 5) is 10.9. The van der Waals surface area contributed by atoms with Gasteiger partial charge in [0.05, 0.1) is 6.10 Å². The molecule has 0 aliphatic heterocycles. The zero-order chi connectivity index (χ0) is 19.4. The normalized spacial score (nSPS) is 48.6. The maximum atomic E-state index is 10.9. The van der Waals surface area contributed by atoms with Gasteiger partial charge in [0.2, 0.25) is 0 Å². The van der Waals surface area contributed by atoms with Gasteiger partial charge in [-0.1, -0.05) is 20.8 Å². The molecule has 0 aromatic rings. The molecule has 0 amide bonds. The standard InChI is InChI=1S/C24H40O3.Na/c1-15(4-9-22(26)27)19-7-8-20-18-6-5-16-14-17(25)10-12-23(16,2)21(18)11-13-24(19,20)3;/h15-21,25H,4-14H2,1-3H3,(H,26,27);/q;+1/p-1. The largest absolute Gasteiger partial charge is 1.00 e. The minimum Gasteiger partial charge on any atom is -0.550 e. The SMILES string of the molecule is CC(CCC(=O)[O-])C1CCC2C3CCC4CC(O)CCC4(C)C3CCC12C.[Na+]. The van der Waals surface area contributed by atoms with Crippen molar-refractivity contribution in [1.29, 1.82) is 0 Å². The van der Waals surface area contributed by atoms with E-state index in [0.717, 1.165) is 42.9 Å². The first kappa shape index (κ1) is 23.1. The molecule has 9 unspecified atom stereocenters. The second-order valence-electron chi connectivity index (χ2n) is 11.2. The molecular formula is C24H39NaO3. The third-order valence-electron chi connectivity index (χ3n) is 10.2. The van der Waals surface area contributed by atoms with Crippen molar-refractivity contribution >= 4 is 5.97 Å². The Morgan fingerprint density at radius 2 is 1.71 bits per heavy atom. The first-order valence-corrected chi connectivity index (χ1v) is 11.6. The predicted molar refractivity (Wildman–Crippen MR) is 105 cm³/mol. The van der Waals surface area contributed by atoms with Gasteiger partial charge in [-0.2, -0.15) is 0 Å². The summed E-state index contributed by atoms with van der Waals surface area (Å²) in [5.41, 5.74) is 0.853. The molecule has 4 saturated carbocycles. The minimum absolute atomic E-state index is 0. The van der Waals surface area contributed by atoms with Crippen molar-refractivity contribution in [2.75, 3.05) is 0 Å². The molecule has 4 rings (SSSR count). The number of carboxylic acid groups (broad SMARTS) is 1. The molecule has 154 valence electrons. The van der Waals surface area contributed by atoms with Crippen molar-refractivity contribution in [2.45, 2.75) is 97.5 Å². The number of rotatable bonds is 4. The van der Waals surface area contributed by atoms with Crippen LogP contribution in [0.25, 0.3) is 0 Å².